The van der Waals surface area contributed by atoms with Crippen LogP contribution in [-0.2, 0) is 4.79 Å². The van der Waals surface area contributed by atoms with Gasteiger partial charge in [0, 0.05) is 10.4 Å². The van der Waals surface area contributed by atoms with Crippen molar-refractivity contribution >= 4 is 38.9 Å². The second-order valence-corrected chi connectivity index (χ2v) is 4.00. The summed E-state index contributed by atoms with van der Waals surface area (Å²) in [5, 5.41) is 8.67. The highest BCUT2D eigenvalue weighted by atomic mass is 79.9. The lowest BCUT2D eigenvalue weighted by molar-refractivity contribution is -0.137. The van der Waals surface area contributed by atoms with E-state index in [1.807, 2.05) is 24.3 Å². The van der Waals surface area contributed by atoms with Gasteiger partial charge in [0.05, 0.1) is 6.42 Å². The van der Waals surface area contributed by atoms with E-state index in [2.05, 4.69) is 15.9 Å². The van der Waals surface area contributed by atoms with Gasteiger partial charge in [0.1, 0.15) is 0 Å². The van der Waals surface area contributed by atoms with Crippen molar-refractivity contribution in [1.82, 2.24) is 0 Å². The van der Waals surface area contributed by atoms with Gasteiger partial charge >= 0.3 is 5.97 Å². The number of carboxylic acid groups (broad SMARTS) is 1. The molecule has 1 unspecified atom stereocenters. The van der Waals surface area contributed by atoms with E-state index in [-0.39, 0.29) is 29.3 Å². The van der Waals surface area contributed by atoms with E-state index in [9.17, 15) is 4.79 Å². The molecule has 1 atom stereocenters. The van der Waals surface area contributed by atoms with Crippen LogP contribution in [0.4, 0.5) is 0 Å². The molecule has 0 aliphatic heterocycles. The first-order valence-electron chi connectivity index (χ1n) is 4.31. The van der Waals surface area contributed by atoms with Crippen LogP contribution in [0.25, 0.3) is 0 Å². The summed E-state index contributed by atoms with van der Waals surface area (Å²) in [5.41, 5.74) is 6.49. The van der Waals surface area contributed by atoms with Gasteiger partial charge in [-0.05, 0) is 24.2 Å². The quantitative estimate of drug-likeness (QED) is 0.886. The van der Waals surface area contributed by atoms with Crippen molar-refractivity contribution in [3.63, 3.8) is 0 Å². The molecule has 0 amide bonds. The molecule has 0 aliphatic carbocycles. The molecule has 1 aromatic carbocycles. The third-order valence-electron chi connectivity index (χ3n) is 2.05. The van der Waals surface area contributed by atoms with Crippen molar-refractivity contribution < 1.29 is 9.90 Å². The van der Waals surface area contributed by atoms with Gasteiger partial charge in [0.15, 0.2) is 0 Å². The van der Waals surface area contributed by atoms with E-state index < -0.39 is 5.97 Å². The van der Waals surface area contributed by atoms with Gasteiger partial charge in [-0.1, -0.05) is 28.1 Å². The Balaban J connectivity index is 0.00000196. The number of carboxylic acids is 1. The molecule has 84 valence electrons. The second-order valence-electron chi connectivity index (χ2n) is 3.08. The molecule has 0 spiro atoms. The molecule has 0 bridgehead atoms. The van der Waals surface area contributed by atoms with Crippen LogP contribution in [0.3, 0.4) is 0 Å². The van der Waals surface area contributed by atoms with E-state index in [0.29, 0.717) is 6.54 Å². The van der Waals surface area contributed by atoms with E-state index in [4.69, 9.17) is 10.8 Å². The zero-order valence-electron chi connectivity index (χ0n) is 8.02. The Hall–Kier alpha value is -0.390. The Morgan fingerprint density at radius 3 is 2.33 bits per heavy atom. The van der Waals surface area contributed by atoms with Gasteiger partial charge in [0.2, 0.25) is 0 Å². The third kappa shape index (κ3) is 4.77. The summed E-state index contributed by atoms with van der Waals surface area (Å²) in [6, 6.07) is 7.56. The normalized spacial score (nSPS) is 11.6. The van der Waals surface area contributed by atoms with Crippen LogP contribution in [0.15, 0.2) is 28.7 Å². The van der Waals surface area contributed by atoms with E-state index in [1.165, 1.54) is 0 Å². The fourth-order valence-corrected chi connectivity index (χ4v) is 1.55. The van der Waals surface area contributed by atoms with Crippen molar-refractivity contribution in [2.75, 3.05) is 6.54 Å². The Kier molecular flexibility index (Phi) is 6.80. The first-order chi connectivity index (χ1) is 6.63. The highest BCUT2D eigenvalue weighted by Gasteiger charge is 2.13. The zero-order valence-corrected chi connectivity index (χ0v) is 11.3. The molecular weight excluding hydrogens is 326 g/mol. The minimum Gasteiger partial charge on any atom is -0.481 e. The lowest BCUT2D eigenvalue weighted by Gasteiger charge is -2.12. The van der Waals surface area contributed by atoms with Crippen LogP contribution in [0.2, 0.25) is 0 Å². The van der Waals surface area contributed by atoms with Crippen molar-refractivity contribution in [2.45, 2.75) is 12.3 Å². The molecule has 0 radical (unpaired) electrons. The molecule has 0 aromatic heterocycles. The molecule has 1 rings (SSSR count). The van der Waals surface area contributed by atoms with Crippen molar-refractivity contribution in [3.8, 4) is 0 Å². The summed E-state index contributed by atoms with van der Waals surface area (Å²) in [5.74, 6) is -0.913. The average Bonchev–Trinajstić information content (AvgIpc) is 2.15. The monoisotopic (exact) mass is 337 g/mol. The summed E-state index contributed by atoms with van der Waals surface area (Å²) >= 11 is 3.32. The van der Waals surface area contributed by atoms with E-state index >= 15 is 0 Å². The van der Waals surface area contributed by atoms with E-state index in [0.717, 1.165) is 10.0 Å². The molecule has 0 saturated heterocycles. The van der Waals surface area contributed by atoms with Crippen LogP contribution in [0.5, 0.6) is 0 Å². The second kappa shape index (κ2) is 6.98. The van der Waals surface area contributed by atoms with Crippen LogP contribution in [-0.4, -0.2) is 17.6 Å². The number of carbonyl (C=O) groups is 1. The summed E-state index contributed by atoms with van der Waals surface area (Å²) in [4.78, 5) is 10.5. The van der Waals surface area contributed by atoms with Gasteiger partial charge in [0.25, 0.3) is 0 Å². The number of hydrogen-bond donors (Lipinski definition) is 2. The van der Waals surface area contributed by atoms with Crippen LogP contribution < -0.4 is 5.73 Å². The maximum atomic E-state index is 10.5. The number of nitrogens with two attached hydrogens (primary N) is 1. The van der Waals surface area contributed by atoms with Crippen LogP contribution in [0.1, 0.15) is 17.9 Å². The summed E-state index contributed by atoms with van der Waals surface area (Å²) < 4.78 is 0.979. The molecule has 3 N–H and O–H groups in total. The van der Waals surface area contributed by atoms with Gasteiger partial charge in [-0.15, -0.1) is 17.0 Å². The smallest absolute Gasteiger partial charge is 0.304 e. The largest absolute Gasteiger partial charge is 0.481 e. The molecule has 15 heavy (non-hydrogen) atoms. The first-order valence-corrected chi connectivity index (χ1v) is 5.10. The number of halogens is 2. The van der Waals surface area contributed by atoms with Gasteiger partial charge < -0.3 is 10.8 Å². The summed E-state index contributed by atoms with van der Waals surface area (Å²) in [6.45, 7) is 0.355. The Bertz CT molecular complexity index is 314. The average molecular weight is 339 g/mol. The van der Waals surface area contributed by atoms with E-state index in [1.54, 1.807) is 0 Å². The van der Waals surface area contributed by atoms with Crippen molar-refractivity contribution in [3.05, 3.63) is 34.3 Å². The maximum absolute atomic E-state index is 10.5. The Morgan fingerprint density at radius 2 is 1.93 bits per heavy atom. The third-order valence-corrected chi connectivity index (χ3v) is 2.58. The standard InChI is InChI=1S/C10H12BrNO2.BrH/c11-9-3-1-7(2-4-9)8(6-12)5-10(13)14;/h1-4,8H,5-6,12H2,(H,13,14);1H. The first kappa shape index (κ1) is 14.6. The SMILES string of the molecule is Br.NCC(CC(=O)O)c1ccc(Br)cc1. The van der Waals surface area contributed by atoms with Crippen molar-refractivity contribution in [2.24, 2.45) is 5.73 Å². The Morgan fingerprint density at radius 1 is 1.40 bits per heavy atom. The van der Waals surface area contributed by atoms with Gasteiger partial charge in [-0.25, -0.2) is 0 Å². The highest BCUT2D eigenvalue weighted by molar-refractivity contribution is 9.10. The minimum absolute atomic E-state index is 0. The van der Waals surface area contributed by atoms with Gasteiger partial charge in [-0.2, -0.15) is 0 Å². The van der Waals surface area contributed by atoms with Crippen LogP contribution >= 0.6 is 32.9 Å². The fourth-order valence-electron chi connectivity index (χ4n) is 1.28. The predicted molar refractivity (Wildman–Crippen MR) is 68.5 cm³/mol. The zero-order chi connectivity index (χ0) is 10.6. The lowest BCUT2D eigenvalue weighted by Crippen LogP contribution is -2.16. The number of benzene rings is 1. The lowest BCUT2D eigenvalue weighted by atomic mass is 9.96. The Labute approximate surface area is 108 Å². The fraction of sp³-hybridized carbons (Fsp3) is 0.300. The number of aliphatic carboxylic acids is 1. The number of rotatable bonds is 4. The highest BCUT2D eigenvalue weighted by Crippen LogP contribution is 2.20. The van der Waals surface area contributed by atoms with Crippen molar-refractivity contribution in [1.29, 1.82) is 0 Å². The molecule has 0 aliphatic rings. The molecule has 1 aromatic rings. The predicted octanol–water partition coefficient (Wildman–Crippen LogP) is 2.54. The molecule has 3 nitrogen and oxygen atoms in total. The number of hydrogen-bond acceptors (Lipinski definition) is 2. The van der Waals surface area contributed by atoms with Crippen LogP contribution in [0, 0.1) is 0 Å². The summed E-state index contributed by atoms with van der Waals surface area (Å²) in [7, 11) is 0. The maximum Gasteiger partial charge on any atom is 0.304 e. The molecule has 0 saturated carbocycles. The topological polar surface area (TPSA) is 63.3 Å². The molecule has 0 heterocycles. The molecular formula is C10H13Br2NO2. The minimum atomic E-state index is -0.816. The molecule has 0 fully saturated rings. The summed E-state index contributed by atoms with van der Waals surface area (Å²) in [6.07, 6.45) is 0.0815. The molecule has 5 heteroatoms. The van der Waals surface area contributed by atoms with Gasteiger partial charge in [-0.3, -0.25) is 4.79 Å².